The molecule has 144 valence electrons. The summed E-state index contributed by atoms with van der Waals surface area (Å²) in [5, 5.41) is 19.8. The minimum absolute atomic E-state index is 0.0946. The Hall–Kier alpha value is -3.78. The van der Waals surface area contributed by atoms with E-state index in [0.717, 1.165) is 5.39 Å². The predicted molar refractivity (Wildman–Crippen MR) is 111 cm³/mol. The van der Waals surface area contributed by atoms with Crippen LogP contribution < -0.4 is 4.72 Å². The SMILES string of the molecule is O=S(=O)(Nc1ccccn1)c1ccc(/N=N/c2ccc(O)c3ccccc23)cc1. The molecule has 0 saturated heterocycles. The number of anilines is 1. The smallest absolute Gasteiger partial charge is 0.263 e. The minimum Gasteiger partial charge on any atom is -0.507 e. The van der Waals surface area contributed by atoms with Crippen molar-refractivity contribution in [3.8, 4) is 5.75 Å². The molecule has 0 unspecified atom stereocenters. The van der Waals surface area contributed by atoms with Gasteiger partial charge in [-0.15, -0.1) is 5.11 Å². The second-order valence-electron chi connectivity index (χ2n) is 6.16. The Balaban J connectivity index is 1.57. The van der Waals surface area contributed by atoms with Crippen LogP contribution in [0.25, 0.3) is 10.8 Å². The first-order valence-corrected chi connectivity index (χ1v) is 10.2. The number of aromatic nitrogens is 1. The highest BCUT2D eigenvalue weighted by molar-refractivity contribution is 7.92. The molecule has 3 aromatic carbocycles. The van der Waals surface area contributed by atoms with Crippen LogP contribution in [0.4, 0.5) is 17.2 Å². The summed E-state index contributed by atoms with van der Waals surface area (Å²) < 4.78 is 27.3. The van der Waals surface area contributed by atoms with Gasteiger partial charge in [0.1, 0.15) is 11.6 Å². The highest BCUT2D eigenvalue weighted by atomic mass is 32.2. The van der Waals surface area contributed by atoms with E-state index in [0.29, 0.717) is 16.8 Å². The van der Waals surface area contributed by atoms with Crippen LogP contribution in [0.3, 0.4) is 0 Å². The van der Waals surface area contributed by atoms with E-state index in [2.05, 4.69) is 19.9 Å². The predicted octanol–water partition coefficient (Wildman–Crippen LogP) is 5.16. The third-order valence-corrected chi connectivity index (χ3v) is 5.57. The van der Waals surface area contributed by atoms with E-state index in [1.807, 2.05) is 18.2 Å². The third-order valence-electron chi connectivity index (χ3n) is 4.20. The van der Waals surface area contributed by atoms with Gasteiger partial charge in [-0.1, -0.05) is 30.3 Å². The summed E-state index contributed by atoms with van der Waals surface area (Å²) in [6.07, 6.45) is 1.51. The first-order chi connectivity index (χ1) is 14.0. The Kier molecular flexibility index (Phi) is 4.92. The fourth-order valence-corrected chi connectivity index (χ4v) is 3.79. The average molecular weight is 404 g/mol. The Morgan fingerprint density at radius 1 is 0.793 bits per heavy atom. The monoisotopic (exact) mass is 404 g/mol. The lowest BCUT2D eigenvalue weighted by molar-refractivity contribution is 0.481. The van der Waals surface area contributed by atoms with Gasteiger partial charge in [0.25, 0.3) is 10.0 Å². The van der Waals surface area contributed by atoms with Gasteiger partial charge in [0.2, 0.25) is 0 Å². The maximum absolute atomic E-state index is 12.4. The molecule has 1 aromatic heterocycles. The Morgan fingerprint density at radius 2 is 1.52 bits per heavy atom. The number of azo groups is 1. The summed E-state index contributed by atoms with van der Waals surface area (Å²) in [5.74, 6) is 0.421. The first kappa shape index (κ1) is 18.6. The fraction of sp³-hybridized carbons (Fsp3) is 0. The van der Waals surface area contributed by atoms with Gasteiger partial charge < -0.3 is 5.11 Å². The van der Waals surface area contributed by atoms with E-state index in [-0.39, 0.29) is 16.5 Å². The molecule has 0 saturated carbocycles. The number of hydrogen-bond donors (Lipinski definition) is 2. The number of hydrogen-bond acceptors (Lipinski definition) is 6. The molecular formula is C21H16N4O3S. The molecule has 29 heavy (non-hydrogen) atoms. The molecular weight excluding hydrogens is 388 g/mol. The van der Waals surface area contributed by atoms with Gasteiger partial charge >= 0.3 is 0 Å². The summed E-state index contributed by atoms with van der Waals surface area (Å²) in [4.78, 5) is 4.05. The van der Waals surface area contributed by atoms with Crippen molar-refractivity contribution >= 4 is 38.0 Å². The van der Waals surface area contributed by atoms with Crippen LogP contribution >= 0.6 is 0 Å². The molecule has 8 heteroatoms. The summed E-state index contributed by atoms with van der Waals surface area (Å²) >= 11 is 0. The number of sulfonamides is 1. The Labute approximate surface area is 167 Å². The first-order valence-electron chi connectivity index (χ1n) is 8.69. The molecule has 0 fully saturated rings. The molecule has 2 N–H and O–H groups in total. The van der Waals surface area contributed by atoms with Crippen molar-refractivity contribution in [2.24, 2.45) is 10.2 Å². The van der Waals surface area contributed by atoms with Crippen molar-refractivity contribution in [3.05, 3.63) is 85.1 Å². The maximum atomic E-state index is 12.4. The number of benzene rings is 3. The van der Waals surface area contributed by atoms with Crippen LogP contribution in [0.1, 0.15) is 0 Å². The second-order valence-corrected chi connectivity index (χ2v) is 7.85. The van der Waals surface area contributed by atoms with Crippen LogP contribution in [0.2, 0.25) is 0 Å². The second kappa shape index (κ2) is 7.69. The molecule has 1 heterocycles. The van der Waals surface area contributed by atoms with Crippen LogP contribution in [-0.4, -0.2) is 18.5 Å². The van der Waals surface area contributed by atoms with E-state index in [4.69, 9.17) is 0 Å². The van der Waals surface area contributed by atoms with Gasteiger partial charge in [0.05, 0.1) is 16.3 Å². The van der Waals surface area contributed by atoms with E-state index in [1.54, 1.807) is 48.5 Å². The van der Waals surface area contributed by atoms with Crippen molar-refractivity contribution in [3.63, 3.8) is 0 Å². The quantitative estimate of drug-likeness (QED) is 0.448. The lowest BCUT2D eigenvalue weighted by atomic mass is 10.1. The number of aromatic hydroxyl groups is 1. The van der Waals surface area contributed by atoms with Gasteiger partial charge in [-0.05, 0) is 48.5 Å². The Bertz CT molecular complexity index is 1290. The minimum atomic E-state index is -3.74. The summed E-state index contributed by atoms with van der Waals surface area (Å²) in [6, 6.07) is 21.6. The van der Waals surface area contributed by atoms with Crippen LogP contribution in [0, 0.1) is 0 Å². The van der Waals surface area contributed by atoms with Gasteiger partial charge in [0.15, 0.2) is 0 Å². The number of fused-ring (bicyclic) bond motifs is 1. The number of rotatable bonds is 5. The Morgan fingerprint density at radius 3 is 2.24 bits per heavy atom. The van der Waals surface area contributed by atoms with Crippen LogP contribution in [0.15, 0.2) is 100 Å². The van der Waals surface area contributed by atoms with Gasteiger partial charge in [0, 0.05) is 17.0 Å². The van der Waals surface area contributed by atoms with Gasteiger partial charge in [-0.2, -0.15) is 5.11 Å². The molecule has 0 aliphatic carbocycles. The molecule has 0 spiro atoms. The summed E-state index contributed by atoms with van der Waals surface area (Å²) in [6.45, 7) is 0. The number of phenols is 1. The number of nitrogens with zero attached hydrogens (tertiary/aromatic N) is 3. The molecule has 4 rings (SSSR count). The largest absolute Gasteiger partial charge is 0.507 e. The van der Waals surface area contributed by atoms with Crippen molar-refractivity contribution < 1.29 is 13.5 Å². The summed E-state index contributed by atoms with van der Waals surface area (Å²) in [7, 11) is -3.74. The standard InChI is InChI=1S/C21H16N4O3S/c26-20-13-12-19(17-5-1-2-6-18(17)20)24-23-15-8-10-16(11-9-15)29(27,28)25-21-7-3-4-14-22-21/h1-14,26H,(H,22,25)/b24-23+. The molecule has 4 aromatic rings. The average Bonchev–Trinajstić information content (AvgIpc) is 2.74. The zero-order valence-electron chi connectivity index (χ0n) is 15.1. The molecule has 0 radical (unpaired) electrons. The molecule has 0 atom stereocenters. The van der Waals surface area contributed by atoms with Crippen LogP contribution in [-0.2, 0) is 10.0 Å². The molecule has 0 bridgehead atoms. The topological polar surface area (TPSA) is 104 Å². The lowest BCUT2D eigenvalue weighted by Crippen LogP contribution is -2.13. The maximum Gasteiger partial charge on any atom is 0.263 e. The van der Waals surface area contributed by atoms with E-state index >= 15 is 0 Å². The number of pyridine rings is 1. The van der Waals surface area contributed by atoms with Crippen LogP contribution in [0.5, 0.6) is 5.75 Å². The molecule has 7 nitrogen and oxygen atoms in total. The summed E-state index contributed by atoms with van der Waals surface area (Å²) in [5.41, 5.74) is 1.10. The molecule has 0 amide bonds. The van der Waals surface area contributed by atoms with Crippen molar-refractivity contribution in [2.45, 2.75) is 4.90 Å². The van der Waals surface area contributed by atoms with Gasteiger partial charge in [-0.3, -0.25) is 4.72 Å². The third kappa shape index (κ3) is 4.07. The van der Waals surface area contributed by atoms with Crippen molar-refractivity contribution in [2.75, 3.05) is 4.72 Å². The van der Waals surface area contributed by atoms with Crippen molar-refractivity contribution in [1.82, 2.24) is 4.98 Å². The van der Waals surface area contributed by atoms with Gasteiger partial charge in [-0.25, -0.2) is 13.4 Å². The molecule has 0 aliphatic heterocycles. The number of phenolic OH excluding ortho intramolecular Hbond substituents is 1. The normalized spacial score (nSPS) is 11.7. The molecule has 0 aliphatic rings. The van der Waals surface area contributed by atoms with E-state index in [9.17, 15) is 13.5 Å². The van der Waals surface area contributed by atoms with E-state index in [1.165, 1.54) is 18.3 Å². The van der Waals surface area contributed by atoms with Crippen molar-refractivity contribution in [1.29, 1.82) is 0 Å². The van der Waals surface area contributed by atoms with E-state index < -0.39 is 10.0 Å². The number of nitrogens with one attached hydrogen (secondary N) is 1. The highest BCUT2D eigenvalue weighted by Gasteiger charge is 2.14. The zero-order chi connectivity index (χ0) is 20.3. The fourth-order valence-electron chi connectivity index (χ4n) is 2.78. The zero-order valence-corrected chi connectivity index (χ0v) is 15.9. The highest BCUT2D eigenvalue weighted by Crippen LogP contribution is 2.33. The lowest BCUT2D eigenvalue weighted by Gasteiger charge is -2.07.